The second kappa shape index (κ2) is 5.41. The topological polar surface area (TPSA) is 101 Å². The van der Waals surface area contributed by atoms with Gasteiger partial charge >= 0.3 is 0 Å². The number of benzene rings is 1. The van der Waals surface area contributed by atoms with Gasteiger partial charge in [-0.3, -0.25) is 20.0 Å². The molecule has 0 aliphatic rings. The van der Waals surface area contributed by atoms with Crippen LogP contribution in [0.3, 0.4) is 0 Å². The van der Waals surface area contributed by atoms with Crippen LogP contribution in [0.15, 0.2) is 22.7 Å². The molecule has 0 aliphatic carbocycles. The van der Waals surface area contributed by atoms with E-state index in [9.17, 15) is 14.9 Å². The van der Waals surface area contributed by atoms with Crippen molar-refractivity contribution in [2.75, 3.05) is 5.32 Å². The maximum atomic E-state index is 12.1. The number of nitrogens with zero attached hydrogens (tertiary/aromatic N) is 2. The number of nitro benzene ring substituents is 1. The van der Waals surface area contributed by atoms with Crippen LogP contribution in [0.1, 0.15) is 21.6 Å². The van der Waals surface area contributed by atoms with Crippen LogP contribution in [0.25, 0.3) is 0 Å². The first-order valence-corrected chi connectivity index (χ1v) is 6.45. The molecule has 0 radical (unpaired) electrons. The second-order valence-electron chi connectivity index (χ2n) is 4.23. The average Bonchev–Trinajstić information content (AvgIpc) is 2.70. The van der Waals surface area contributed by atoms with Crippen molar-refractivity contribution in [3.63, 3.8) is 0 Å². The smallest absolute Gasteiger partial charge is 0.271 e. The quantitative estimate of drug-likeness (QED) is 0.663. The fourth-order valence-corrected chi connectivity index (χ4v) is 2.08. The van der Waals surface area contributed by atoms with Gasteiger partial charge in [-0.2, -0.15) is 5.10 Å². The normalized spacial score (nSPS) is 10.3. The lowest BCUT2D eigenvalue weighted by molar-refractivity contribution is -0.384. The van der Waals surface area contributed by atoms with Gasteiger partial charge in [0, 0.05) is 33.4 Å². The molecule has 2 N–H and O–H groups in total. The molecule has 0 aliphatic heterocycles. The van der Waals surface area contributed by atoms with E-state index in [1.54, 1.807) is 0 Å². The van der Waals surface area contributed by atoms with E-state index in [-0.39, 0.29) is 11.3 Å². The van der Waals surface area contributed by atoms with Gasteiger partial charge in [0.2, 0.25) is 0 Å². The third kappa shape index (κ3) is 2.85. The predicted octanol–water partition coefficient (Wildman–Crippen LogP) is 2.95. The minimum atomic E-state index is -0.550. The van der Waals surface area contributed by atoms with Crippen molar-refractivity contribution in [1.82, 2.24) is 10.2 Å². The first kappa shape index (κ1) is 14.2. The third-order valence-electron chi connectivity index (χ3n) is 2.84. The van der Waals surface area contributed by atoms with Crippen molar-refractivity contribution < 1.29 is 9.72 Å². The summed E-state index contributed by atoms with van der Waals surface area (Å²) in [6.45, 7) is 3.65. The molecule has 8 heteroatoms. The number of aromatic amines is 1. The summed E-state index contributed by atoms with van der Waals surface area (Å²) in [6.07, 6.45) is 0. The Labute approximate surface area is 122 Å². The highest BCUT2D eigenvalue weighted by Crippen LogP contribution is 2.22. The zero-order valence-corrected chi connectivity index (χ0v) is 12.3. The monoisotopic (exact) mass is 338 g/mol. The number of H-pyrrole nitrogens is 1. The molecule has 0 spiro atoms. The van der Waals surface area contributed by atoms with Crippen LogP contribution in [0.4, 0.5) is 11.5 Å². The Hall–Kier alpha value is -2.22. The summed E-state index contributed by atoms with van der Waals surface area (Å²) in [7, 11) is 0. The van der Waals surface area contributed by atoms with Gasteiger partial charge in [-0.15, -0.1) is 0 Å². The number of nitrogens with one attached hydrogen (secondary N) is 2. The zero-order valence-electron chi connectivity index (χ0n) is 10.7. The summed E-state index contributed by atoms with van der Waals surface area (Å²) in [5.74, 6) is -0.0425. The number of halogens is 1. The van der Waals surface area contributed by atoms with Crippen LogP contribution in [-0.4, -0.2) is 21.0 Å². The SMILES string of the molecule is Cc1[nH]nc(NC(=O)c2cc(Br)cc([N+](=O)[O-])c2)c1C. The number of nitro groups is 1. The Kier molecular flexibility index (Phi) is 3.84. The van der Waals surface area contributed by atoms with Crippen molar-refractivity contribution in [3.8, 4) is 0 Å². The van der Waals surface area contributed by atoms with E-state index in [1.165, 1.54) is 18.2 Å². The van der Waals surface area contributed by atoms with E-state index in [0.29, 0.717) is 10.3 Å². The first-order chi connectivity index (χ1) is 9.38. The minimum Gasteiger partial charge on any atom is -0.305 e. The first-order valence-electron chi connectivity index (χ1n) is 5.66. The molecule has 104 valence electrons. The maximum absolute atomic E-state index is 12.1. The molecule has 2 aromatic rings. The highest BCUT2D eigenvalue weighted by Gasteiger charge is 2.16. The molecule has 1 amide bonds. The van der Waals surface area contributed by atoms with Crippen LogP contribution in [0, 0.1) is 24.0 Å². The van der Waals surface area contributed by atoms with Gasteiger partial charge in [-0.1, -0.05) is 15.9 Å². The number of carbonyl (C=O) groups excluding carboxylic acids is 1. The number of hydrogen-bond donors (Lipinski definition) is 2. The molecule has 20 heavy (non-hydrogen) atoms. The van der Waals surface area contributed by atoms with Crippen LogP contribution >= 0.6 is 15.9 Å². The lowest BCUT2D eigenvalue weighted by atomic mass is 10.2. The Morgan fingerprint density at radius 1 is 1.40 bits per heavy atom. The lowest BCUT2D eigenvalue weighted by Crippen LogP contribution is -2.13. The molecule has 0 fully saturated rings. The molecule has 0 saturated carbocycles. The van der Waals surface area contributed by atoms with E-state index >= 15 is 0 Å². The lowest BCUT2D eigenvalue weighted by Gasteiger charge is -2.04. The van der Waals surface area contributed by atoms with Gasteiger partial charge in [0.05, 0.1) is 4.92 Å². The summed E-state index contributed by atoms with van der Waals surface area (Å²) in [4.78, 5) is 22.3. The number of carbonyl (C=O) groups is 1. The fourth-order valence-electron chi connectivity index (χ4n) is 1.60. The number of anilines is 1. The van der Waals surface area contributed by atoms with Crippen LogP contribution in [-0.2, 0) is 0 Å². The number of amides is 1. The number of aryl methyl sites for hydroxylation is 1. The molecule has 7 nitrogen and oxygen atoms in total. The molecule has 2 rings (SSSR count). The fraction of sp³-hybridized carbons (Fsp3) is 0.167. The highest BCUT2D eigenvalue weighted by molar-refractivity contribution is 9.10. The molecule has 0 atom stereocenters. The molecule has 0 bridgehead atoms. The molecule has 1 aromatic carbocycles. The van der Waals surface area contributed by atoms with Gasteiger partial charge in [0.15, 0.2) is 5.82 Å². The summed E-state index contributed by atoms with van der Waals surface area (Å²) >= 11 is 3.15. The summed E-state index contributed by atoms with van der Waals surface area (Å²) in [5, 5.41) is 20.1. The Morgan fingerprint density at radius 2 is 2.10 bits per heavy atom. The van der Waals surface area contributed by atoms with Crippen molar-refractivity contribution in [1.29, 1.82) is 0 Å². The molecule has 0 unspecified atom stereocenters. The third-order valence-corrected chi connectivity index (χ3v) is 3.30. The minimum absolute atomic E-state index is 0.153. The average molecular weight is 339 g/mol. The van der Waals surface area contributed by atoms with Gasteiger partial charge in [-0.05, 0) is 19.9 Å². The standard InChI is InChI=1S/C12H11BrN4O3/c1-6-7(2)15-16-11(6)14-12(18)8-3-9(13)5-10(4-8)17(19)20/h3-5H,1-2H3,(H2,14,15,16,18). The number of hydrogen-bond acceptors (Lipinski definition) is 4. The van der Waals surface area contributed by atoms with Gasteiger partial charge in [-0.25, -0.2) is 0 Å². The molecule has 1 heterocycles. The van der Waals surface area contributed by atoms with Gasteiger partial charge < -0.3 is 5.32 Å². The van der Waals surface area contributed by atoms with E-state index in [1.807, 2.05) is 13.8 Å². The Morgan fingerprint density at radius 3 is 2.65 bits per heavy atom. The van der Waals surface area contributed by atoms with Crippen molar-refractivity contribution >= 4 is 33.3 Å². The second-order valence-corrected chi connectivity index (χ2v) is 5.15. The summed E-state index contributed by atoms with van der Waals surface area (Å²) in [6, 6.07) is 4.06. The number of rotatable bonds is 3. The van der Waals surface area contributed by atoms with Crippen molar-refractivity contribution in [2.45, 2.75) is 13.8 Å². The van der Waals surface area contributed by atoms with E-state index in [2.05, 4.69) is 31.4 Å². The molecule has 0 saturated heterocycles. The van der Waals surface area contributed by atoms with Crippen LogP contribution in [0.2, 0.25) is 0 Å². The number of aromatic nitrogens is 2. The van der Waals surface area contributed by atoms with Crippen molar-refractivity contribution in [2.24, 2.45) is 0 Å². The molecule has 1 aromatic heterocycles. The Balaban J connectivity index is 2.30. The summed E-state index contributed by atoms with van der Waals surface area (Å²) < 4.78 is 0.465. The van der Waals surface area contributed by atoms with Gasteiger partial charge in [0.1, 0.15) is 0 Å². The van der Waals surface area contributed by atoms with E-state index in [0.717, 1.165) is 11.3 Å². The maximum Gasteiger partial charge on any atom is 0.271 e. The van der Waals surface area contributed by atoms with Crippen molar-refractivity contribution in [3.05, 3.63) is 49.6 Å². The predicted molar refractivity (Wildman–Crippen MR) is 76.8 cm³/mol. The summed E-state index contributed by atoms with van der Waals surface area (Å²) in [5.41, 5.74) is 1.70. The van der Waals surface area contributed by atoms with Crippen LogP contribution in [0.5, 0.6) is 0 Å². The zero-order chi connectivity index (χ0) is 14.9. The molecular formula is C12H11BrN4O3. The largest absolute Gasteiger partial charge is 0.305 e. The van der Waals surface area contributed by atoms with Crippen LogP contribution < -0.4 is 5.32 Å². The highest BCUT2D eigenvalue weighted by atomic mass is 79.9. The Bertz CT molecular complexity index is 696. The van der Waals surface area contributed by atoms with E-state index in [4.69, 9.17) is 0 Å². The molecular weight excluding hydrogens is 328 g/mol. The van der Waals surface area contributed by atoms with Gasteiger partial charge in [0.25, 0.3) is 11.6 Å². The van der Waals surface area contributed by atoms with E-state index < -0.39 is 10.8 Å². The number of non-ortho nitro benzene ring substituents is 1.